The van der Waals surface area contributed by atoms with Gasteiger partial charge in [0.2, 0.25) is 0 Å². The molecule has 1 spiro atoms. The Morgan fingerprint density at radius 2 is 1.00 bits per heavy atom. The first kappa shape index (κ1) is 31.4. The Hall–Kier alpha value is -5.92. The molecule has 1 nitrogen and oxygen atoms in total. The smallest absolute Gasteiger partial charge is 0.0540 e. The highest BCUT2D eigenvalue weighted by atomic mass is 15.1. The molecular weight excluding hydrogens is 663 g/mol. The molecule has 5 aliphatic carbocycles. The highest BCUT2D eigenvalue weighted by Gasteiger charge is 2.61. The van der Waals surface area contributed by atoms with E-state index in [4.69, 9.17) is 0 Å². The van der Waals surface area contributed by atoms with E-state index in [-0.39, 0.29) is 5.41 Å². The monoisotopic (exact) mass is 705 g/mol. The minimum atomic E-state index is 0.1000. The quantitative estimate of drug-likeness (QED) is 0.161. The molecule has 0 atom stereocenters. The molecule has 0 radical (unpaired) electrons. The van der Waals surface area contributed by atoms with Crippen molar-refractivity contribution < 1.29 is 0 Å². The van der Waals surface area contributed by atoms with Gasteiger partial charge in [0.05, 0.1) is 5.69 Å². The summed E-state index contributed by atoms with van der Waals surface area (Å²) in [4.78, 5) is 2.57. The van der Waals surface area contributed by atoms with Crippen molar-refractivity contribution in [3.63, 3.8) is 0 Å². The minimum absolute atomic E-state index is 0.1000. The molecule has 8 aromatic carbocycles. The van der Waals surface area contributed by atoms with E-state index in [1.165, 1.54) is 104 Å². The minimum Gasteiger partial charge on any atom is -0.310 e. The zero-order chi connectivity index (χ0) is 36.1. The second-order valence-electron chi connectivity index (χ2n) is 16.9. The van der Waals surface area contributed by atoms with Crippen LogP contribution in [-0.4, -0.2) is 0 Å². The van der Waals surface area contributed by atoms with Crippen LogP contribution in [0.2, 0.25) is 0 Å². The van der Waals surface area contributed by atoms with Gasteiger partial charge in [0.25, 0.3) is 0 Å². The lowest BCUT2D eigenvalue weighted by Crippen LogP contribution is -2.55. The van der Waals surface area contributed by atoms with E-state index in [0.717, 1.165) is 11.8 Å². The lowest BCUT2D eigenvalue weighted by Gasteiger charge is -2.61. The summed E-state index contributed by atoms with van der Waals surface area (Å²) in [6, 6.07) is 66.4. The van der Waals surface area contributed by atoms with Crippen molar-refractivity contribution in [2.75, 3.05) is 4.90 Å². The van der Waals surface area contributed by atoms with E-state index in [2.05, 4.69) is 181 Å². The van der Waals surface area contributed by atoms with Crippen LogP contribution < -0.4 is 4.90 Å². The number of nitrogens with zero attached hydrogens (tertiary/aromatic N) is 1. The topological polar surface area (TPSA) is 3.24 Å². The van der Waals surface area contributed by atoms with E-state index in [0.29, 0.717) is 11.8 Å². The molecule has 4 fully saturated rings. The molecule has 0 N–H and O–H groups in total. The Kier molecular flexibility index (Phi) is 6.88. The van der Waals surface area contributed by atoms with Crippen molar-refractivity contribution in [3.8, 4) is 33.4 Å². The summed E-state index contributed by atoms with van der Waals surface area (Å²) in [5.74, 6) is 3.26. The number of anilines is 3. The number of fused-ring (bicyclic) bond motifs is 6. The summed E-state index contributed by atoms with van der Waals surface area (Å²) in [6.07, 6.45) is 6.99. The molecule has 4 saturated carbocycles. The Labute approximate surface area is 323 Å². The Balaban J connectivity index is 1.11. The molecule has 264 valence electrons. The summed E-state index contributed by atoms with van der Waals surface area (Å²) in [5, 5.41) is 5.13. The van der Waals surface area contributed by atoms with Crippen molar-refractivity contribution in [1.29, 1.82) is 0 Å². The molecule has 0 aliphatic heterocycles. The van der Waals surface area contributed by atoms with E-state index in [9.17, 15) is 0 Å². The van der Waals surface area contributed by atoms with Crippen LogP contribution in [0.1, 0.15) is 43.2 Å². The largest absolute Gasteiger partial charge is 0.310 e. The van der Waals surface area contributed by atoms with Crippen molar-refractivity contribution >= 4 is 38.6 Å². The highest BCUT2D eigenvalue weighted by Crippen LogP contribution is 2.69. The van der Waals surface area contributed by atoms with Gasteiger partial charge < -0.3 is 4.90 Å². The number of hydrogen-bond donors (Lipinski definition) is 0. The third kappa shape index (κ3) is 4.66. The Bertz CT molecular complexity index is 2750. The molecule has 13 rings (SSSR count). The van der Waals surface area contributed by atoms with Gasteiger partial charge in [-0.15, -0.1) is 0 Å². The summed E-state index contributed by atoms with van der Waals surface area (Å²) in [7, 11) is 0. The maximum atomic E-state index is 2.64. The standard InChI is InChI=1S/C54H43N/c1-3-11-37(12-4-1)40-21-26-53(50(33-40)38-13-5-2-6-14-38)55(44-22-24-47-41(32-44)20-19-39-15-7-8-16-46(39)47)45-23-25-49-48-17-9-10-18-51(48)54(52(49)34-45)42-28-35-27-36(30-42)31-43(54)29-35/h1-26,32-36,42-43H,27-31H2. The van der Waals surface area contributed by atoms with E-state index < -0.39 is 0 Å². The van der Waals surface area contributed by atoms with Crippen molar-refractivity contribution in [1.82, 2.24) is 0 Å². The SMILES string of the molecule is c1ccc(-c2ccc(N(c3ccc4c(c3)C3(c5ccccc5-4)C4CC5CC(C4)CC3C5)c3ccc4c(ccc5ccccc54)c3)c(-c3ccccc3)c2)cc1. The molecule has 0 aromatic heterocycles. The van der Waals surface area contributed by atoms with Gasteiger partial charge in [-0.3, -0.25) is 0 Å². The average molecular weight is 706 g/mol. The van der Waals surface area contributed by atoms with Crippen LogP contribution in [-0.2, 0) is 5.41 Å². The number of hydrogen-bond acceptors (Lipinski definition) is 1. The van der Waals surface area contributed by atoms with Crippen LogP contribution in [0.5, 0.6) is 0 Å². The average Bonchev–Trinajstić information content (AvgIpc) is 3.53. The van der Waals surface area contributed by atoms with Gasteiger partial charge in [-0.2, -0.15) is 0 Å². The van der Waals surface area contributed by atoms with Gasteiger partial charge in [0, 0.05) is 22.4 Å². The van der Waals surface area contributed by atoms with E-state index in [1.807, 2.05) is 0 Å². The molecule has 0 saturated heterocycles. The summed E-state index contributed by atoms with van der Waals surface area (Å²) < 4.78 is 0. The zero-order valence-electron chi connectivity index (χ0n) is 31.0. The summed E-state index contributed by atoms with van der Waals surface area (Å²) >= 11 is 0. The molecule has 0 amide bonds. The van der Waals surface area contributed by atoms with Gasteiger partial charge in [-0.1, -0.05) is 140 Å². The lowest BCUT2D eigenvalue weighted by molar-refractivity contribution is -0.0399. The molecule has 1 heteroatoms. The van der Waals surface area contributed by atoms with Crippen LogP contribution in [0.15, 0.2) is 176 Å². The van der Waals surface area contributed by atoms with Crippen LogP contribution in [0.25, 0.3) is 54.9 Å². The van der Waals surface area contributed by atoms with Gasteiger partial charge in [0.1, 0.15) is 0 Å². The van der Waals surface area contributed by atoms with Gasteiger partial charge >= 0.3 is 0 Å². The molecule has 8 aromatic rings. The van der Waals surface area contributed by atoms with Crippen LogP contribution in [0.3, 0.4) is 0 Å². The first-order chi connectivity index (χ1) is 27.2. The maximum absolute atomic E-state index is 2.64. The highest BCUT2D eigenvalue weighted by molar-refractivity contribution is 6.09. The van der Waals surface area contributed by atoms with Gasteiger partial charge in [-0.25, -0.2) is 0 Å². The Morgan fingerprint density at radius 1 is 0.382 bits per heavy atom. The second-order valence-corrected chi connectivity index (χ2v) is 16.9. The third-order valence-electron chi connectivity index (χ3n) is 14.2. The van der Waals surface area contributed by atoms with Gasteiger partial charge in [-0.05, 0) is 153 Å². The fourth-order valence-corrected chi connectivity index (χ4v) is 12.2. The van der Waals surface area contributed by atoms with Crippen molar-refractivity contribution in [2.24, 2.45) is 23.7 Å². The first-order valence-corrected chi connectivity index (χ1v) is 20.4. The molecule has 0 unspecified atom stereocenters. The maximum Gasteiger partial charge on any atom is 0.0540 e. The molecule has 4 bridgehead atoms. The fourth-order valence-electron chi connectivity index (χ4n) is 12.2. The molecule has 0 heterocycles. The normalized spacial score (nSPS) is 23.0. The number of rotatable bonds is 5. The third-order valence-corrected chi connectivity index (χ3v) is 14.2. The second kappa shape index (κ2) is 12.0. The number of benzene rings is 8. The zero-order valence-corrected chi connectivity index (χ0v) is 31.0. The van der Waals surface area contributed by atoms with Crippen LogP contribution >= 0.6 is 0 Å². The fraction of sp³-hybridized carbons (Fsp3) is 0.185. The summed E-state index contributed by atoms with van der Waals surface area (Å²) in [5.41, 5.74) is 14.7. The van der Waals surface area contributed by atoms with Crippen LogP contribution in [0, 0.1) is 23.7 Å². The van der Waals surface area contributed by atoms with Gasteiger partial charge in [0.15, 0.2) is 0 Å². The van der Waals surface area contributed by atoms with E-state index in [1.54, 1.807) is 11.1 Å². The molecule has 55 heavy (non-hydrogen) atoms. The van der Waals surface area contributed by atoms with E-state index >= 15 is 0 Å². The molecular formula is C54H43N. The van der Waals surface area contributed by atoms with Crippen LogP contribution in [0.4, 0.5) is 17.1 Å². The Morgan fingerprint density at radius 3 is 1.80 bits per heavy atom. The van der Waals surface area contributed by atoms with Crippen molar-refractivity contribution in [3.05, 3.63) is 187 Å². The predicted molar refractivity (Wildman–Crippen MR) is 230 cm³/mol. The van der Waals surface area contributed by atoms with Crippen molar-refractivity contribution in [2.45, 2.75) is 37.5 Å². The predicted octanol–water partition coefficient (Wildman–Crippen LogP) is 14.5. The first-order valence-electron chi connectivity index (χ1n) is 20.4. The summed E-state index contributed by atoms with van der Waals surface area (Å²) in [6.45, 7) is 0. The molecule has 5 aliphatic rings. The lowest BCUT2D eigenvalue weighted by atomic mass is 9.43.